The zero-order chi connectivity index (χ0) is 30.7. The van der Waals surface area contributed by atoms with Crippen LogP contribution in [0.1, 0.15) is 19.8 Å². The summed E-state index contributed by atoms with van der Waals surface area (Å²) >= 11 is 2.18. The molecule has 1 aromatic carbocycles. The summed E-state index contributed by atoms with van der Waals surface area (Å²) in [5.74, 6) is -5.32. The smallest absolute Gasteiger partial charge is 0.322 e. The summed E-state index contributed by atoms with van der Waals surface area (Å²) in [5, 5.41) is 31.4. The maximum atomic E-state index is 13.4. The van der Waals surface area contributed by atoms with E-state index in [4.69, 9.17) is 31.5 Å². The Hall–Kier alpha value is -3.54. The lowest BCUT2D eigenvalue weighted by atomic mass is 10.1. The Bertz CT molecular complexity index is 1140. The number of amides is 3. The van der Waals surface area contributed by atoms with Crippen LogP contribution in [0.2, 0.25) is 0 Å². The van der Waals surface area contributed by atoms with Gasteiger partial charge in [0.15, 0.2) is 5.44 Å². The molecule has 5 atom stereocenters. The number of carboxylic acid groups (broad SMARTS) is 3. The Morgan fingerprint density at radius 2 is 1.68 bits per heavy atom. The Morgan fingerprint density at radius 1 is 1.02 bits per heavy atom. The first-order chi connectivity index (χ1) is 19.3. The molecule has 0 aliphatic carbocycles. The molecule has 0 saturated carbocycles. The minimum absolute atomic E-state index is 0.0491. The largest absolute Gasteiger partial charge is 0.480 e. The molecule has 1 unspecified atom stereocenters. The van der Waals surface area contributed by atoms with E-state index in [9.17, 15) is 28.8 Å². The molecule has 1 aliphatic rings. The lowest BCUT2D eigenvalue weighted by Crippen LogP contribution is -2.51. The number of para-hydroxylation sites is 2. The lowest BCUT2D eigenvalue weighted by Gasteiger charge is -2.40. The molecule has 0 bridgehead atoms. The van der Waals surface area contributed by atoms with Crippen molar-refractivity contribution in [2.24, 2.45) is 11.5 Å². The molecule has 1 aromatic rings. The van der Waals surface area contributed by atoms with E-state index in [2.05, 4.69) is 10.6 Å². The van der Waals surface area contributed by atoms with Gasteiger partial charge in [0, 0.05) is 17.9 Å². The van der Waals surface area contributed by atoms with E-state index in [1.54, 1.807) is 31.2 Å². The summed E-state index contributed by atoms with van der Waals surface area (Å²) in [6, 6.07) is 2.71. The fraction of sp³-hybridized carbons (Fsp3) is 0.500. The number of carboxylic acids is 3. The van der Waals surface area contributed by atoms with Crippen molar-refractivity contribution in [3.05, 3.63) is 24.3 Å². The number of anilines is 1. The zero-order valence-corrected chi connectivity index (χ0v) is 23.7. The van der Waals surface area contributed by atoms with Crippen LogP contribution in [0, 0.1) is 0 Å². The van der Waals surface area contributed by atoms with Gasteiger partial charge in [0.05, 0.1) is 17.5 Å². The molecular formula is C24H33N5O10S2. The van der Waals surface area contributed by atoms with E-state index < -0.39 is 65.9 Å². The van der Waals surface area contributed by atoms with E-state index in [0.717, 1.165) is 23.5 Å². The number of benzene rings is 1. The predicted molar refractivity (Wildman–Crippen MR) is 151 cm³/mol. The van der Waals surface area contributed by atoms with E-state index in [1.165, 1.54) is 4.90 Å². The molecular weight excluding hydrogens is 582 g/mol. The number of rotatable bonds is 16. The quantitative estimate of drug-likeness (QED) is 0.116. The highest BCUT2D eigenvalue weighted by atomic mass is 32.2. The van der Waals surface area contributed by atoms with Crippen LogP contribution in [-0.4, -0.2) is 104 Å². The van der Waals surface area contributed by atoms with Gasteiger partial charge in [-0.2, -0.15) is 0 Å². The molecule has 17 heteroatoms. The van der Waals surface area contributed by atoms with Crippen molar-refractivity contribution < 1.29 is 48.8 Å². The first-order valence-corrected chi connectivity index (χ1v) is 14.5. The molecule has 0 fully saturated rings. The third-order valence-electron chi connectivity index (χ3n) is 5.77. The number of ether oxygens (including phenoxy) is 1. The second kappa shape index (κ2) is 16.0. The average molecular weight is 616 g/mol. The molecule has 1 aliphatic heterocycles. The van der Waals surface area contributed by atoms with E-state index >= 15 is 0 Å². The van der Waals surface area contributed by atoms with Crippen LogP contribution >= 0.6 is 23.5 Å². The minimum atomic E-state index is -1.30. The van der Waals surface area contributed by atoms with Crippen LogP contribution in [0.25, 0.3) is 0 Å². The topological polar surface area (TPSA) is 252 Å². The van der Waals surface area contributed by atoms with Crippen molar-refractivity contribution in [2.45, 2.75) is 49.4 Å². The summed E-state index contributed by atoms with van der Waals surface area (Å²) in [6.45, 7) is 1.05. The van der Waals surface area contributed by atoms with E-state index in [-0.39, 0.29) is 36.0 Å². The third kappa shape index (κ3) is 10.4. The van der Waals surface area contributed by atoms with Crippen molar-refractivity contribution >= 4 is 64.8 Å². The number of nitrogens with zero attached hydrogens (tertiary/aromatic N) is 1. The Morgan fingerprint density at radius 3 is 2.32 bits per heavy atom. The highest BCUT2D eigenvalue weighted by Crippen LogP contribution is 2.39. The number of carbonyl (C=O) groups is 6. The molecule has 0 saturated heterocycles. The molecule has 3 amide bonds. The average Bonchev–Trinajstić information content (AvgIpc) is 2.92. The number of carbonyl (C=O) groups excluding carboxylic acids is 3. The van der Waals surface area contributed by atoms with Gasteiger partial charge in [-0.1, -0.05) is 12.1 Å². The molecule has 0 aromatic heterocycles. The van der Waals surface area contributed by atoms with Crippen molar-refractivity contribution in [3.8, 4) is 5.75 Å². The molecule has 226 valence electrons. The maximum Gasteiger partial charge on any atom is 0.322 e. The number of hydrogen-bond donors (Lipinski definition) is 7. The van der Waals surface area contributed by atoms with E-state index in [1.807, 2.05) is 0 Å². The predicted octanol–water partition coefficient (Wildman–Crippen LogP) is -1.12. The Kier molecular flexibility index (Phi) is 13.2. The van der Waals surface area contributed by atoms with Crippen LogP contribution in [0.15, 0.2) is 24.3 Å². The van der Waals surface area contributed by atoms with Crippen LogP contribution in [0.4, 0.5) is 5.69 Å². The van der Waals surface area contributed by atoms with Crippen molar-refractivity contribution in [1.29, 1.82) is 0 Å². The van der Waals surface area contributed by atoms with Crippen LogP contribution < -0.4 is 31.7 Å². The maximum absolute atomic E-state index is 13.4. The third-order valence-corrected chi connectivity index (χ3v) is 8.16. The van der Waals surface area contributed by atoms with Gasteiger partial charge in [-0.25, -0.2) is 0 Å². The molecule has 0 spiro atoms. The lowest BCUT2D eigenvalue weighted by molar-refractivity contribution is -0.139. The summed E-state index contributed by atoms with van der Waals surface area (Å²) in [5.41, 5.74) is 10.9. The van der Waals surface area contributed by atoms with Crippen LogP contribution in [-0.2, 0) is 28.8 Å². The number of nitrogens with one attached hydrogen (secondary N) is 2. The highest BCUT2D eigenvalue weighted by molar-refractivity contribution is 8.00. The fourth-order valence-corrected chi connectivity index (χ4v) is 5.62. The van der Waals surface area contributed by atoms with E-state index in [0.29, 0.717) is 11.4 Å². The summed E-state index contributed by atoms with van der Waals surface area (Å²) < 4.78 is 5.99. The van der Waals surface area contributed by atoms with Gasteiger partial charge in [0.2, 0.25) is 17.7 Å². The standard InChI is InChI=1S/C24H33N5O10S2/c1-12-24(41-9-14(26)23(37)38)39-17-5-3-2-4-16(17)29(12)19(31)11-40-10-15(21(34)27-8-20(32)33)28-18(30)7-6-13(25)22(35)36/h2-5,12-15,24H,6-11,25-26H2,1H3,(H,27,34)(H,28,30)(H,32,33)(H,35,36)(H,37,38)/t12-,13-,14?,15-,24+/m0/s1. The summed E-state index contributed by atoms with van der Waals surface area (Å²) in [7, 11) is 0. The molecule has 9 N–H and O–H groups in total. The van der Waals surface area contributed by atoms with Gasteiger partial charge in [0.1, 0.15) is 30.4 Å². The normalized spacial score (nSPS) is 18.2. The number of fused-ring (bicyclic) bond motifs is 1. The van der Waals surface area contributed by atoms with Crippen molar-refractivity contribution in [2.75, 3.05) is 28.7 Å². The number of aliphatic carboxylic acids is 3. The second-order valence-corrected chi connectivity index (χ2v) is 11.1. The monoisotopic (exact) mass is 615 g/mol. The summed E-state index contributed by atoms with van der Waals surface area (Å²) in [4.78, 5) is 72.7. The van der Waals surface area contributed by atoms with Gasteiger partial charge in [-0.05, 0) is 25.5 Å². The molecule has 15 nitrogen and oxygen atoms in total. The molecule has 0 radical (unpaired) electrons. The first-order valence-electron chi connectivity index (χ1n) is 12.3. The molecule has 1 heterocycles. The van der Waals surface area contributed by atoms with Crippen LogP contribution in [0.3, 0.4) is 0 Å². The van der Waals surface area contributed by atoms with Gasteiger partial charge < -0.3 is 47.1 Å². The number of thioether (sulfide) groups is 2. The molecule has 41 heavy (non-hydrogen) atoms. The first kappa shape index (κ1) is 33.7. The van der Waals surface area contributed by atoms with Crippen molar-refractivity contribution in [3.63, 3.8) is 0 Å². The SMILES string of the molecule is C[C@H]1[C@@H](SCC(N)C(=O)O)Oc2ccccc2N1C(=O)CSC[C@H](NC(=O)CC[C@H](N)C(=O)O)C(=O)NCC(=O)O. The molecule has 2 rings (SSSR count). The highest BCUT2D eigenvalue weighted by Gasteiger charge is 2.37. The van der Waals surface area contributed by atoms with Gasteiger partial charge in [-0.15, -0.1) is 23.5 Å². The zero-order valence-electron chi connectivity index (χ0n) is 22.1. The Balaban J connectivity index is 2.08. The number of nitrogens with two attached hydrogens (primary N) is 2. The van der Waals surface area contributed by atoms with Crippen molar-refractivity contribution in [1.82, 2.24) is 10.6 Å². The van der Waals surface area contributed by atoms with Crippen LogP contribution in [0.5, 0.6) is 5.75 Å². The second-order valence-electron chi connectivity index (χ2n) is 8.97. The number of hydrogen-bond acceptors (Lipinski definition) is 11. The minimum Gasteiger partial charge on any atom is -0.480 e. The van der Waals surface area contributed by atoms with Gasteiger partial charge in [-0.3, -0.25) is 28.8 Å². The van der Waals surface area contributed by atoms with Gasteiger partial charge in [0.25, 0.3) is 0 Å². The Labute approximate surface area is 243 Å². The summed E-state index contributed by atoms with van der Waals surface area (Å²) in [6.07, 6.45) is -0.465. The fourth-order valence-electron chi connectivity index (χ4n) is 3.60. The van der Waals surface area contributed by atoms with Gasteiger partial charge >= 0.3 is 17.9 Å².